The Morgan fingerprint density at radius 1 is 1.21 bits per heavy atom. The predicted octanol–water partition coefficient (Wildman–Crippen LogP) is 3.20. The molecule has 0 unspecified atom stereocenters. The number of methoxy groups -OCH3 is 1. The van der Waals surface area contributed by atoms with Gasteiger partial charge in [-0.25, -0.2) is 14.0 Å². The van der Waals surface area contributed by atoms with E-state index in [1.807, 2.05) is 0 Å². The highest BCUT2D eigenvalue weighted by atomic mass is 32.3. The molecule has 156 valence electrons. The van der Waals surface area contributed by atoms with Crippen molar-refractivity contribution >= 4 is 28.3 Å². The number of aromatic nitrogens is 1. The predicted molar refractivity (Wildman–Crippen MR) is 108 cm³/mol. The smallest absolute Gasteiger partial charge is 0.339 e. The zero-order valence-corrected chi connectivity index (χ0v) is 16.6. The maximum absolute atomic E-state index is 14.4. The molecule has 0 atom stereocenters. The standard InChI is InChI=1S/C19H22FN3O5S/c1-28-18(24)14-6-7-15(21-12-14)13-23(17-5-3-2-4-16(17)20)19(25)22-8-10-29(26,27)11-9-22/h2-7,12,26-27H,8-11,13H2,1H3. The van der Waals surface area contributed by atoms with E-state index in [0.717, 1.165) is 0 Å². The maximum Gasteiger partial charge on any atom is 0.339 e. The molecule has 0 saturated carbocycles. The Hall–Kier alpha value is -2.69. The van der Waals surface area contributed by atoms with Crippen molar-refractivity contribution in [2.45, 2.75) is 6.54 Å². The number of carbonyl (C=O) groups excluding carboxylic acids is 2. The summed E-state index contributed by atoms with van der Waals surface area (Å²) in [6, 6.07) is 8.54. The van der Waals surface area contributed by atoms with Gasteiger partial charge in [0.2, 0.25) is 0 Å². The largest absolute Gasteiger partial charge is 0.465 e. The molecule has 3 rings (SSSR count). The number of hydrogen-bond donors (Lipinski definition) is 2. The lowest BCUT2D eigenvalue weighted by molar-refractivity contribution is 0.0600. The summed E-state index contributed by atoms with van der Waals surface area (Å²) in [5.74, 6) is -0.905. The third kappa shape index (κ3) is 5.03. The lowest BCUT2D eigenvalue weighted by atomic mass is 10.2. The van der Waals surface area contributed by atoms with E-state index in [-0.39, 0.29) is 42.4 Å². The number of urea groups is 1. The van der Waals surface area contributed by atoms with Crippen LogP contribution in [-0.4, -0.2) is 62.7 Å². The van der Waals surface area contributed by atoms with Gasteiger partial charge < -0.3 is 9.64 Å². The van der Waals surface area contributed by atoms with Crippen LogP contribution in [0.2, 0.25) is 0 Å². The Labute approximate surface area is 169 Å². The number of benzene rings is 1. The van der Waals surface area contributed by atoms with Crippen LogP contribution < -0.4 is 4.90 Å². The summed E-state index contributed by atoms with van der Waals surface area (Å²) in [6.45, 7) is 0.315. The second-order valence-corrected chi connectivity index (χ2v) is 8.97. The summed E-state index contributed by atoms with van der Waals surface area (Å²) < 4.78 is 38.6. The average Bonchev–Trinajstić information content (AvgIpc) is 2.72. The van der Waals surface area contributed by atoms with Crippen molar-refractivity contribution in [3.8, 4) is 0 Å². The van der Waals surface area contributed by atoms with Crippen LogP contribution in [-0.2, 0) is 11.3 Å². The van der Waals surface area contributed by atoms with Crippen molar-refractivity contribution in [2.24, 2.45) is 0 Å². The maximum atomic E-state index is 14.4. The monoisotopic (exact) mass is 423 g/mol. The van der Waals surface area contributed by atoms with Crippen molar-refractivity contribution in [3.05, 3.63) is 59.7 Å². The molecule has 1 aromatic carbocycles. The van der Waals surface area contributed by atoms with Gasteiger partial charge in [-0.3, -0.25) is 19.0 Å². The Bertz CT molecular complexity index is 884. The number of para-hydroxylation sites is 1. The summed E-state index contributed by atoms with van der Waals surface area (Å²) in [4.78, 5) is 31.6. The first-order valence-corrected chi connectivity index (χ1v) is 10.8. The minimum atomic E-state index is -2.66. The summed E-state index contributed by atoms with van der Waals surface area (Å²) in [7, 11) is -1.40. The van der Waals surface area contributed by atoms with Crippen LogP contribution in [0.5, 0.6) is 0 Å². The number of anilines is 1. The molecule has 2 amide bonds. The first-order chi connectivity index (χ1) is 13.8. The highest BCUT2D eigenvalue weighted by Crippen LogP contribution is 2.40. The first-order valence-electron chi connectivity index (χ1n) is 8.88. The van der Waals surface area contributed by atoms with E-state index < -0.39 is 28.4 Å². The number of carbonyl (C=O) groups is 2. The number of esters is 1. The van der Waals surface area contributed by atoms with E-state index in [2.05, 4.69) is 9.72 Å². The van der Waals surface area contributed by atoms with Crippen molar-refractivity contribution in [2.75, 3.05) is 36.6 Å². The molecule has 1 saturated heterocycles. The molecule has 29 heavy (non-hydrogen) atoms. The number of rotatable bonds is 4. The number of pyridine rings is 1. The molecular formula is C19H22FN3O5S. The third-order valence-corrected chi connectivity index (χ3v) is 6.26. The molecule has 2 heterocycles. The Kier molecular flexibility index (Phi) is 6.36. The average molecular weight is 423 g/mol. The van der Waals surface area contributed by atoms with Crippen LogP contribution in [0.4, 0.5) is 14.9 Å². The fraction of sp³-hybridized carbons (Fsp3) is 0.316. The molecule has 1 aliphatic rings. The second kappa shape index (κ2) is 8.76. The lowest BCUT2D eigenvalue weighted by Gasteiger charge is -2.42. The third-order valence-electron chi connectivity index (χ3n) is 4.59. The second-order valence-electron chi connectivity index (χ2n) is 6.55. The summed E-state index contributed by atoms with van der Waals surface area (Å²) >= 11 is 0. The quantitative estimate of drug-likeness (QED) is 0.732. The summed E-state index contributed by atoms with van der Waals surface area (Å²) in [5, 5.41) is 0. The van der Waals surface area contributed by atoms with E-state index in [9.17, 15) is 23.1 Å². The van der Waals surface area contributed by atoms with Gasteiger partial charge in [0.1, 0.15) is 5.82 Å². The number of halogens is 1. The SMILES string of the molecule is COC(=O)c1ccc(CN(C(=O)N2CCS(O)(O)CC2)c2ccccc2F)nc1. The lowest BCUT2D eigenvalue weighted by Crippen LogP contribution is -2.49. The number of hydrogen-bond acceptors (Lipinski definition) is 6. The van der Waals surface area contributed by atoms with Gasteiger partial charge in [-0.1, -0.05) is 12.1 Å². The van der Waals surface area contributed by atoms with Gasteiger partial charge in [0.05, 0.1) is 42.1 Å². The Balaban J connectivity index is 1.85. The van der Waals surface area contributed by atoms with Crippen molar-refractivity contribution in [1.82, 2.24) is 9.88 Å². The van der Waals surface area contributed by atoms with Crippen molar-refractivity contribution < 1.29 is 27.8 Å². The van der Waals surface area contributed by atoms with Crippen LogP contribution in [0.25, 0.3) is 0 Å². The van der Waals surface area contributed by atoms with Crippen molar-refractivity contribution in [3.63, 3.8) is 0 Å². The minimum Gasteiger partial charge on any atom is -0.465 e. The first kappa shape index (κ1) is 21.0. The van der Waals surface area contributed by atoms with Crippen LogP contribution >= 0.6 is 10.6 Å². The van der Waals surface area contributed by atoms with Gasteiger partial charge in [-0.05, 0) is 24.3 Å². The molecule has 1 fully saturated rings. The molecular weight excluding hydrogens is 401 g/mol. The number of ether oxygens (including phenoxy) is 1. The molecule has 2 aromatic rings. The zero-order valence-electron chi connectivity index (χ0n) is 15.8. The fourth-order valence-electron chi connectivity index (χ4n) is 2.93. The molecule has 8 nitrogen and oxygen atoms in total. The fourth-order valence-corrected chi connectivity index (χ4v) is 4.16. The summed E-state index contributed by atoms with van der Waals surface area (Å²) in [5.41, 5.74) is 0.810. The van der Waals surface area contributed by atoms with E-state index in [4.69, 9.17) is 0 Å². The minimum absolute atomic E-state index is 0.0199. The zero-order chi connectivity index (χ0) is 21.0. The van der Waals surface area contributed by atoms with Crippen LogP contribution in [0.3, 0.4) is 0 Å². The van der Waals surface area contributed by atoms with E-state index in [1.165, 1.54) is 47.4 Å². The highest BCUT2D eigenvalue weighted by Gasteiger charge is 2.30. The Morgan fingerprint density at radius 2 is 1.90 bits per heavy atom. The van der Waals surface area contributed by atoms with Gasteiger partial charge in [0, 0.05) is 19.3 Å². The molecule has 2 N–H and O–H groups in total. The molecule has 1 aliphatic heterocycles. The molecule has 10 heteroatoms. The number of nitrogens with zero attached hydrogens (tertiary/aromatic N) is 3. The molecule has 1 aromatic heterocycles. The van der Waals surface area contributed by atoms with Crippen LogP contribution in [0.15, 0.2) is 42.6 Å². The van der Waals surface area contributed by atoms with E-state index in [0.29, 0.717) is 5.69 Å². The summed E-state index contributed by atoms with van der Waals surface area (Å²) in [6.07, 6.45) is 1.33. The van der Waals surface area contributed by atoms with Gasteiger partial charge >= 0.3 is 12.0 Å². The highest BCUT2D eigenvalue weighted by molar-refractivity contribution is 8.24. The molecule has 0 bridgehead atoms. The van der Waals surface area contributed by atoms with Gasteiger partial charge in [-0.2, -0.15) is 10.6 Å². The van der Waals surface area contributed by atoms with E-state index in [1.54, 1.807) is 12.1 Å². The Morgan fingerprint density at radius 3 is 2.48 bits per heavy atom. The molecule has 0 spiro atoms. The number of amides is 2. The van der Waals surface area contributed by atoms with Crippen LogP contribution in [0.1, 0.15) is 16.1 Å². The van der Waals surface area contributed by atoms with Gasteiger partial charge in [0.15, 0.2) is 0 Å². The molecule has 0 radical (unpaired) electrons. The van der Waals surface area contributed by atoms with E-state index >= 15 is 0 Å². The molecule has 0 aliphatic carbocycles. The van der Waals surface area contributed by atoms with Crippen molar-refractivity contribution in [1.29, 1.82) is 0 Å². The topological polar surface area (TPSA) is 103 Å². The normalized spacial score (nSPS) is 16.8. The van der Waals surface area contributed by atoms with Crippen LogP contribution in [0, 0.1) is 5.82 Å². The van der Waals surface area contributed by atoms with Gasteiger partial charge in [0.25, 0.3) is 0 Å². The van der Waals surface area contributed by atoms with Gasteiger partial charge in [-0.15, -0.1) is 0 Å².